The smallest absolute Gasteiger partial charge is 0.299 e. The lowest BCUT2D eigenvalue weighted by Gasteiger charge is -2.17. The Morgan fingerprint density at radius 2 is 2.06 bits per heavy atom. The third kappa shape index (κ3) is 1.88. The monoisotopic (exact) mass is 246 g/mol. The molecule has 0 spiro atoms. The van der Waals surface area contributed by atoms with Crippen LogP contribution in [0.3, 0.4) is 0 Å². The highest BCUT2D eigenvalue weighted by molar-refractivity contribution is 6.52. The number of rotatable bonds is 3. The van der Waals surface area contributed by atoms with Gasteiger partial charge in [-0.25, -0.2) is 0 Å². The van der Waals surface area contributed by atoms with Crippen molar-refractivity contribution in [1.82, 2.24) is 5.32 Å². The maximum atomic E-state index is 11.9. The van der Waals surface area contributed by atoms with E-state index < -0.39 is 11.7 Å². The molecule has 0 atom stereocenters. The minimum atomic E-state index is -0.634. The SMILES string of the molecule is CCNC(=O)CN1C(=O)C(=O)c2cccc(C)c21. The number of nitrogens with zero attached hydrogens (tertiary/aromatic N) is 1. The summed E-state index contributed by atoms with van der Waals surface area (Å²) in [5, 5.41) is 2.61. The molecular formula is C13H14N2O3. The number of carbonyl (C=O) groups is 3. The second kappa shape index (κ2) is 4.60. The number of fused-ring (bicyclic) bond motifs is 1. The van der Waals surface area contributed by atoms with Gasteiger partial charge in [0.25, 0.3) is 11.7 Å². The van der Waals surface area contributed by atoms with Gasteiger partial charge in [-0.3, -0.25) is 19.3 Å². The summed E-state index contributed by atoms with van der Waals surface area (Å²) in [5.41, 5.74) is 1.75. The van der Waals surface area contributed by atoms with Crippen LogP contribution in [0.1, 0.15) is 22.8 Å². The van der Waals surface area contributed by atoms with Gasteiger partial charge in [0.2, 0.25) is 5.91 Å². The molecule has 5 heteroatoms. The molecule has 1 aliphatic rings. The van der Waals surface area contributed by atoms with Gasteiger partial charge in [0, 0.05) is 6.54 Å². The number of nitrogens with one attached hydrogen (secondary N) is 1. The molecule has 2 amide bonds. The number of benzene rings is 1. The van der Waals surface area contributed by atoms with Gasteiger partial charge in [0.1, 0.15) is 6.54 Å². The number of aryl methyl sites for hydroxylation is 1. The summed E-state index contributed by atoms with van der Waals surface area (Å²) < 4.78 is 0. The molecule has 5 nitrogen and oxygen atoms in total. The molecule has 94 valence electrons. The Morgan fingerprint density at radius 1 is 1.33 bits per heavy atom. The van der Waals surface area contributed by atoms with Crippen molar-refractivity contribution in [3.8, 4) is 0 Å². The Hall–Kier alpha value is -2.17. The number of likely N-dealkylation sites (N-methyl/N-ethyl adjacent to an activating group) is 1. The van der Waals surface area contributed by atoms with E-state index in [0.717, 1.165) is 5.56 Å². The van der Waals surface area contributed by atoms with Gasteiger partial charge in [0.05, 0.1) is 11.3 Å². The Labute approximate surface area is 105 Å². The third-order valence-electron chi connectivity index (χ3n) is 2.87. The van der Waals surface area contributed by atoms with E-state index in [1.54, 1.807) is 19.1 Å². The molecule has 1 aromatic rings. The Morgan fingerprint density at radius 3 is 2.72 bits per heavy atom. The number of ketones is 1. The highest BCUT2D eigenvalue weighted by Crippen LogP contribution is 2.31. The Balaban J connectivity index is 2.36. The number of para-hydroxylation sites is 1. The van der Waals surface area contributed by atoms with Gasteiger partial charge >= 0.3 is 0 Å². The first-order chi connectivity index (χ1) is 8.56. The maximum Gasteiger partial charge on any atom is 0.299 e. The van der Waals surface area contributed by atoms with Gasteiger partial charge < -0.3 is 5.32 Å². The lowest BCUT2D eigenvalue weighted by Crippen LogP contribution is -2.40. The van der Waals surface area contributed by atoms with Crippen LogP contribution in [0.4, 0.5) is 5.69 Å². The second-order valence-electron chi connectivity index (χ2n) is 4.15. The van der Waals surface area contributed by atoms with Crippen molar-refractivity contribution < 1.29 is 14.4 Å². The zero-order valence-electron chi connectivity index (χ0n) is 10.3. The second-order valence-corrected chi connectivity index (χ2v) is 4.15. The average Bonchev–Trinajstić information content (AvgIpc) is 2.56. The van der Waals surface area contributed by atoms with Crippen molar-refractivity contribution in [3.05, 3.63) is 29.3 Å². The number of carbonyl (C=O) groups excluding carboxylic acids is 3. The van der Waals surface area contributed by atoms with Gasteiger partial charge in [-0.05, 0) is 25.5 Å². The maximum absolute atomic E-state index is 11.9. The first kappa shape index (κ1) is 12.3. The molecule has 0 saturated heterocycles. The highest BCUT2D eigenvalue weighted by atomic mass is 16.2. The molecule has 0 radical (unpaired) electrons. The van der Waals surface area contributed by atoms with Crippen LogP contribution in [-0.2, 0) is 9.59 Å². The van der Waals surface area contributed by atoms with E-state index in [4.69, 9.17) is 0 Å². The number of anilines is 1. The summed E-state index contributed by atoms with van der Waals surface area (Å²) in [6.45, 7) is 4.00. The van der Waals surface area contributed by atoms with Crippen LogP contribution in [0, 0.1) is 6.92 Å². The minimum Gasteiger partial charge on any atom is -0.355 e. The quantitative estimate of drug-likeness (QED) is 0.797. The van der Waals surface area contributed by atoms with Gasteiger partial charge in [-0.15, -0.1) is 0 Å². The van der Waals surface area contributed by atoms with Crippen molar-refractivity contribution in [3.63, 3.8) is 0 Å². The van der Waals surface area contributed by atoms with Crippen LogP contribution >= 0.6 is 0 Å². The van der Waals surface area contributed by atoms with E-state index in [1.165, 1.54) is 4.90 Å². The van der Waals surface area contributed by atoms with Crippen LogP contribution in [0.15, 0.2) is 18.2 Å². The van der Waals surface area contributed by atoms with Crippen LogP contribution in [0.5, 0.6) is 0 Å². The molecule has 1 N–H and O–H groups in total. The summed E-state index contributed by atoms with van der Waals surface area (Å²) in [6, 6.07) is 5.16. The molecule has 0 aromatic heterocycles. The summed E-state index contributed by atoms with van der Waals surface area (Å²) in [6.07, 6.45) is 0. The topological polar surface area (TPSA) is 66.5 Å². The molecule has 0 bridgehead atoms. The van der Waals surface area contributed by atoms with Crippen molar-refractivity contribution in [2.24, 2.45) is 0 Å². The minimum absolute atomic E-state index is 0.115. The van der Waals surface area contributed by atoms with Crippen molar-refractivity contribution in [2.45, 2.75) is 13.8 Å². The number of hydrogen-bond acceptors (Lipinski definition) is 3. The normalized spacial score (nSPS) is 13.8. The van der Waals surface area contributed by atoms with E-state index in [-0.39, 0.29) is 12.5 Å². The zero-order chi connectivity index (χ0) is 13.3. The molecule has 0 saturated carbocycles. The Kier molecular flexibility index (Phi) is 3.14. The largest absolute Gasteiger partial charge is 0.355 e. The number of amides is 2. The van der Waals surface area contributed by atoms with Crippen molar-refractivity contribution in [2.75, 3.05) is 18.0 Å². The van der Waals surface area contributed by atoms with E-state index in [0.29, 0.717) is 17.8 Å². The lowest BCUT2D eigenvalue weighted by atomic mass is 10.1. The molecule has 2 rings (SSSR count). The van der Waals surface area contributed by atoms with E-state index in [1.807, 2.05) is 13.0 Å². The van der Waals surface area contributed by atoms with Gasteiger partial charge in [-0.1, -0.05) is 12.1 Å². The van der Waals surface area contributed by atoms with Crippen molar-refractivity contribution in [1.29, 1.82) is 0 Å². The summed E-state index contributed by atoms with van der Waals surface area (Å²) >= 11 is 0. The van der Waals surface area contributed by atoms with Gasteiger partial charge in [0.15, 0.2) is 0 Å². The fraction of sp³-hybridized carbons (Fsp3) is 0.308. The molecule has 18 heavy (non-hydrogen) atoms. The average molecular weight is 246 g/mol. The number of Topliss-reactive ketones (excluding diaryl/α,β-unsaturated/α-hetero) is 1. The first-order valence-corrected chi connectivity index (χ1v) is 5.78. The fourth-order valence-corrected chi connectivity index (χ4v) is 2.09. The predicted molar refractivity (Wildman–Crippen MR) is 66.5 cm³/mol. The van der Waals surface area contributed by atoms with E-state index in [9.17, 15) is 14.4 Å². The molecule has 0 aliphatic carbocycles. The van der Waals surface area contributed by atoms with Crippen LogP contribution in [-0.4, -0.2) is 30.7 Å². The standard InChI is InChI=1S/C13H14N2O3/c1-3-14-10(16)7-15-11-8(2)5-4-6-9(11)12(17)13(15)18/h4-6H,3,7H2,1-2H3,(H,14,16). The van der Waals surface area contributed by atoms with E-state index in [2.05, 4.69) is 5.32 Å². The summed E-state index contributed by atoms with van der Waals surface area (Å²) in [7, 11) is 0. The van der Waals surface area contributed by atoms with Gasteiger partial charge in [-0.2, -0.15) is 0 Å². The first-order valence-electron chi connectivity index (χ1n) is 5.78. The zero-order valence-corrected chi connectivity index (χ0v) is 10.3. The molecular weight excluding hydrogens is 232 g/mol. The summed E-state index contributed by atoms with van der Waals surface area (Å²) in [4.78, 5) is 36.4. The molecule has 0 fully saturated rings. The van der Waals surface area contributed by atoms with E-state index >= 15 is 0 Å². The molecule has 0 unspecified atom stereocenters. The predicted octanol–water partition coefficient (Wildman–Crippen LogP) is 0.660. The van der Waals surface area contributed by atoms with Crippen molar-refractivity contribution >= 4 is 23.3 Å². The molecule has 1 aromatic carbocycles. The summed E-state index contributed by atoms with van der Waals surface area (Å²) in [5.74, 6) is -1.45. The number of hydrogen-bond donors (Lipinski definition) is 1. The van der Waals surface area contributed by atoms with Crippen LogP contribution in [0.25, 0.3) is 0 Å². The molecule has 1 heterocycles. The lowest BCUT2D eigenvalue weighted by molar-refractivity contribution is -0.122. The fourth-order valence-electron chi connectivity index (χ4n) is 2.09. The van der Waals surface area contributed by atoms with Crippen LogP contribution in [0.2, 0.25) is 0 Å². The highest BCUT2D eigenvalue weighted by Gasteiger charge is 2.37. The van der Waals surface area contributed by atoms with Crippen LogP contribution < -0.4 is 10.2 Å². The molecule has 1 aliphatic heterocycles. The Bertz CT molecular complexity index is 537. The third-order valence-corrected chi connectivity index (χ3v) is 2.87.